The van der Waals surface area contributed by atoms with Gasteiger partial charge in [-0.3, -0.25) is 0 Å². The number of imidazole rings is 1. The summed E-state index contributed by atoms with van der Waals surface area (Å²) in [5.74, 6) is -1.11. The molecule has 25 heavy (non-hydrogen) atoms. The molecule has 0 bridgehead atoms. The molecule has 0 saturated heterocycles. The molecule has 0 unspecified atom stereocenters. The van der Waals surface area contributed by atoms with Crippen LogP contribution < -0.4 is 11.5 Å². The molecule has 4 aromatic rings. The molecule has 10 heteroatoms. The zero-order valence-electron chi connectivity index (χ0n) is 12.8. The molecule has 0 fully saturated rings. The van der Waals surface area contributed by atoms with Gasteiger partial charge in [0.05, 0.1) is 12.9 Å². The Morgan fingerprint density at radius 1 is 1.08 bits per heavy atom. The first-order valence-electron chi connectivity index (χ1n) is 7.24. The number of benzene rings is 1. The number of nitrogens with zero attached hydrogens (tertiary/aromatic N) is 6. The molecule has 0 aliphatic rings. The van der Waals surface area contributed by atoms with Gasteiger partial charge in [-0.05, 0) is 18.2 Å². The SMILES string of the molecule is Nc1cc(F)c(Cn2cnc3c(-n4cccn4)nc(N)nc32)c(F)c1. The lowest BCUT2D eigenvalue weighted by Crippen LogP contribution is -2.08. The lowest BCUT2D eigenvalue weighted by Gasteiger charge is -2.08. The van der Waals surface area contributed by atoms with Gasteiger partial charge in [-0.15, -0.1) is 0 Å². The summed E-state index contributed by atoms with van der Waals surface area (Å²) >= 11 is 0. The topological polar surface area (TPSA) is 113 Å². The zero-order valence-corrected chi connectivity index (χ0v) is 12.8. The van der Waals surface area contributed by atoms with Gasteiger partial charge in [0.2, 0.25) is 5.95 Å². The highest BCUT2D eigenvalue weighted by atomic mass is 19.1. The van der Waals surface area contributed by atoms with Crippen molar-refractivity contribution in [2.75, 3.05) is 11.5 Å². The predicted molar refractivity (Wildman–Crippen MR) is 86.7 cm³/mol. The minimum absolute atomic E-state index is 0.00185. The van der Waals surface area contributed by atoms with Crippen molar-refractivity contribution in [2.45, 2.75) is 6.54 Å². The quantitative estimate of drug-likeness (QED) is 0.546. The molecule has 0 amide bonds. The van der Waals surface area contributed by atoms with Crippen molar-refractivity contribution < 1.29 is 8.78 Å². The van der Waals surface area contributed by atoms with Crippen molar-refractivity contribution in [3.05, 3.63) is 54.1 Å². The van der Waals surface area contributed by atoms with E-state index in [1.807, 2.05) is 0 Å². The molecule has 3 aromatic heterocycles. The standard InChI is InChI=1S/C15H12F2N8/c16-10-4-8(18)5-11(17)9(10)6-24-7-20-12-13(24)22-15(19)23-14(12)25-3-1-2-21-25/h1-5,7H,6,18H2,(H2,19,22,23). The van der Waals surface area contributed by atoms with Crippen molar-refractivity contribution in [3.8, 4) is 5.82 Å². The highest BCUT2D eigenvalue weighted by Crippen LogP contribution is 2.22. The van der Waals surface area contributed by atoms with Gasteiger partial charge >= 0.3 is 0 Å². The Morgan fingerprint density at radius 3 is 2.52 bits per heavy atom. The van der Waals surface area contributed by atoms with Gasteiger partial charge in [0.1, 0.15) is 11.6 Å². The van der Waals surface area contributed by atoms with Crippen LogP contribution in [0.15, 0.2) is 36.9 Å². The second-order valence-corrected chi connectivity index (χ2v) is 5.36. The summed E-state index contributed by atoms with van der Waals surface area (Å²) in [6, 6.07) is 3.85. The fourth-order valence-corrected chi connectivity index (χ4v) is 2.56. The van der Waals surface area contributed by atoms with E-state index in [2.05, 4.69) is 20.1 Å². The first kappa shape index (κ1) is 15.0. The second-order valence-electron chi connectivity index (χ2n) is 5.36. The summed E-state index contributed by atoms with van der Waals surface area (Å²) in [6.45, 7) is -0.122. The molecule has 126 valence electrons. The summed E-state index contributed by atoms with van der Waals surface area (Å²) in [6.07, 6.45) is 4.68. The van der Waals surface area contributed by atoms with E-state index in [0.717, 1.165) is 12.1 Å². The maximum Gasteiger partial charge on any atom is 0.224 e. The fraction of sp³-hybridized carbons (Fsp3) is 0.0667. The van der Waals surface area contributed by atoms with Gasteiger partial charge in [-0.2, -0.15) is 15.1 Å². The predicted octanol–water partition coefficient (Wildman–Crippen LogP) is 1.50. The third kappa shape index (κ3) is 2.53. The molecule has 0 aliphatic carbocycles. The summed E-state index contributed by atoms with van der Waals surface area (Å²) in [4.78, 5) is 12.5. The van der Waals surface area contributed by atoms with Crippen LogP contribution in [0.25, 0.3) is 17.0 Å². The van der Waals surface area contributed by atoms with Crippen LogP contribution in [0.1, 0.15) is 5.56 Å². The summed E-state index contributed by atoms with van der Waals surface area (Å²) < 4.78 is 31.1. The number of fused-ring (bicyclic) bond motifs is 1. The van der Waals surface area contributed by atoms with Crippen LogP contribution in [-0.4, -0.2) is 29.3 Å². The van der Waals surface area contributed by atoms with Gasteiger partial charge in [-0.1, -0.05) is 0 Å². The van der Waals surface area contributed by atoms with Crippen LogP contribution in [0.4, 0.5) is 20.4 Å². The first-order valence-corrected chi connectivity index (χ1v) is 7.24. The third-order valence-corrected chi connectivity index (χ3v) is 3.68. The molecule has 0 aliphatic heterocycles. The summed E-state index contributed by atoms with van der Waals surface area (Å²) in [5, 5.41) is 4.10. The lowest BCUT2D eigenvalue weighted by molar-refractivity contribution is 0.547. The molecule has 0 saturated carbocycles. The van der Waals surface area contributed by atoms with Gasteiger partial charge in [-0.25, -0.2) is 18.4 Å². The Balaban J connectivity index is 1.85. The van der Waals surface area contributed by atoms with E-state index in [9.17, 15) is 8.78 Å². The fourth-order valence-electron chi connectivity index (χ4n) is 2.56. The van der Waals surface area contributed by atoms with Crippen molar-refractivity contribution in [2.24, 2.45) is 0 Å². The first-order chi connectivity index (χ1) is 12.0. The van der Waals surface area contributed by atoms with Crippen LogP contribution in [-0.2, 0) is 6.54 Å². The summed E-state index contributed by atoms with van der Waals surface area (Å²) in [5.41, 5.74) is 11.8. The van der Waals surface area contributed by atoms with Crippen LogP contribution in [0.3, 0.4) is 0 Å². The molecule has 8 nitrogen and oxygen atoms in total. The van der Waals surface area contributed by atoms with Crippen LogP contribution >= 0.6 is 0 Å². The van der Waals surface area contributed by atoms with E-state index in [1.54, 1.807) is 18.5 Å². The van der Waals surface area contributed by atoms with Gasteiger partial charge in [0, 0.05) is 23.6 Å². The minimum atomic E-state index is -0.742. The number of nitrogen functional groups attached to an aromatic ring is 2. The number of rotatable bonds is 3. The number of anilines is 2. The molecule has 4 N–H and O–H groups in total. The van der Waals surface area contributed by atoms with E-state index in [1.165, 1.54) is 15.6 Å². The number of hydrogen-bond donors (Lipinski definition) is 2. The maximum absolute atomic E-state index is 14.1. The number of aromatic nitrogens is 6. The minimum Gasteiger partial charge on any atom is -0.399 e. The lowest BCUT2D eigenvalue weighted by atomic mass is 10.1. The average Bonchev–Trinajstić information content (AvgIpc) is 3.20. The van der Waals surface area contributed by atoms with Crippen molar-refractivity contribution >= 4 is 22.8 Å². The van der Waals surface area contributed by atoms with E-state index in [-0.39, 0.29) is 23.7 Å². The van der Waals surface area contributed by atoms with Crippen molar-refractivity contribution in [1.82, 2.24) is 29.3 Å². The van der Waals surface area contributed by atoms with Gasteiger partial charge in [0.15, 0.2) is 17.0 Å². The third-order valence-electron chi connectivity index (χ3n) is 3.68. The zero-order chi connectivity index (χ0) is 17.6. The Kier molecular flexibility index (Phi) is 3.31. The highest BCUT2D eigenvalue weighted by Gasteiger charge is 2.17. The molecule has 1 aromatic carbocycles. The normalized spacial score (nSPS) is 11.3. The monoisotopic (exact) mass is 342 g/mol. The molecule has 0 spiro atoms. The number of nitrogens with two attached hydrogens (primary N) is 2. The van der Waals surface area contributed by atoms with E-state index in [4.69, 9.17) is 11.5 Å². The van der Waals surface area contributed by atoms with E-state index in [0.29, 0.717) is 17.0 Å². The maximum atomic E-state index is 14.1. The Morgan fingerprint density at radius 2 is 1.84 bits per heavy atom. The second kappa shape index (κ2) is 5.51. The number of hydrogen-bond acceptors (Lipinski definition) is 6. The number of halogens is 2. The molecule has 0 atom stereocenters. The average molecular weight is 342 g/mol. The van der Waals surface area contributed by atoms with E-state index >= 15 is 0 Å². The molecule has 4 rings (SSSR count). The van der Waals surface area contributed by atoms with E-state index < -0.39 is 11.6 Å². The smallest absolute Gasteiger partial charge is 0.224 e. The molecular weight excluding hydrogens is 330 g/mol. The Bertz CT molecular complexity index is 1050. The molecule has 3 heterocycles. The van der Waals surface area contributed by atoms with Crippen molar-refractivity contribution in [3.63, 3.8) is 0 Å². The van der Waals surface area contributed by atoms with Gasteiger partial charge < -0.3 is 16.0 Å². The molecular formula is C15H12F2N8. The van der Waals surface area contributed by atoms with Crippen LogP contribution in [0.5, 0.6) is 0 Å². The van der Waals surface area contributed by atoms with Crippen LogP contribution in [0, 0.1) is 11.6 Å². The Hall–Kier alpha value is -3.56. The largest absolute Gasteiger partial charge is 0.399 e. The van der Waals surface area contributed by atoms with Gasteiger partial charge in [0.25, 0.3) is 0 Å². The summed E-state index contributed by atoms with van der Waals surface area (Å²) in [7, 11) is 0. The molecule has 0 radical (unpaired) electrons. The van der Waals surface area contributed by atoms with Crippen molar-refractivity contribution in [1.29, 1.82) is 0 Å². The Labute approximate surface area is 139 Å². The highest BCUT2D eigenvalue weighted by molar-refractivity contribution is 5.79. The van der Waals surface area contributed by atoms with Crippen LogP contribution in [0.2, 0.25) is 0 Å².